The van der Waals surface area contributed by atoms with Crippen molar-refractivity contribution in [3.05, 3.63) is 28.3 Å². The lowest BCUT2D eigenvalue weighted by Crippen LogP contribution is -2.16. The zero-order chi connectivity index (χ0) is 13.1. The minimum Gasteiger partial charge on any atom is -0.493 e. The fourth-order valence-electron chi connectivity index (χ4n) is 2.18. The van der Waals surface area contributed by atoms with E-state index in [0.29, 0.717) is 18.1 Å². The van der Waals surface area contributed by atoms with Crippen molar-refractivity contribution in [1.29, 1.82) is 0 Å². The van der Waals surface area contributed by atoms with E-state index in [1.807, 2.05) is 25.3 Å². The monoisotopic (exact) mass is 284 g/mol. The van der Waals surface area contributed by atoms with Crippen LogP contribution in [-0.2, 0) is 17.6 Å². The Balaban J connectivity index is 2.17. The predicted octanol–water partition coefficient (Wildman–Crippen LogP) is 3.39. The lowest BCUT2D eigenvalue weighted by atomic mass is 9.98. The van der Waals surface area contributed by atoms with E-state index < -0.39 is 0 Å². The highest BCUT2D eigenvalue weighted by Gasteiger charge is 2.21. The first-order valence-corrected chi connectivity index (χ1v) is 7.84. The van der Waals surface area contributed by atoms with Gasteiger partial charge in [-0.15, -0.1) is 0 Å². The summed E-state index contributed by atoms with van der Waals surface area (Å²) >= 11 is 7.78. The number of Topliss-reactive ketones (excluding diaryl/α,β-unsaturated/α-hetero) is 1. The van der Waals surface area contributed by atoms with Crippen molar-refractivity contribution in [2.24, 2.45) is 5.92 Å². The van der Waals surface area contributed by atoms with Crippen LogP contribution in [0.4, 0.5) is 0 Å². The molecule has 2 nitrogen and oxygen atoms in total. The third-order valence-electron chi connectivity index (χ3n) is 3.16. The summed E-state index contributed by atoms with van der Waals surface area (Å²) in [7, 11) is 0. The third-order valence-corrected chi connectivity index (χ3v) is 4.21. The van der Waals surface area contributed by atoms with E-state index in [1.165, 1.54) is 0 Å². The summed E-state index contributed by atoms with van der Waals surface area (Å²) in [6.07, 6.45) is 3.33. The maximum absolute atomic E-state index is 12.1. The molecule has 0 aromatic heterocycles. The molecule has 1 aromatic carbocycles. The van der Waals surface area contributed by atoms with E-state index in [4.69, 9.17) is 16.3 Å². The van der Waals surface area contributed by atoms with Gasteiger partial charge >= 0.3 is 0 Å². The van der Waals surface area contributed by atoms with Crippen molar-refractivity contribution in [1.82, 2.24) is 0 Å². The first-order chi connectivity index (χ1) is 8.61. The molecule has 98 valence electrons. The van der Waals surface area contributed by atoms with Gasteiger partial charge in [0, 0.05) is 35.1 Å². The Bertz CT molecular complexity index is 459. The molecule has 1 aromatic rings. The Hall–Kier alpha value is -0.670. The maximum Gasteiger partial charge on any atom is 0.141 e. The normalized spacial score (nSPS) is 15.1. The molecule has 0 spiro atoms. The molecule has 4 heteroatoms. The topological polar surface area (TPSA) is 26.3 Å². The second kappa shape index (κ2) is 5.98. The Kier molecular flexibility index (Phi) is 4.57. The van der Waals surface area contributed by atoms with Gasteiger partial charge in [0.2, 0.25) is 0 Å². The molecule has 2 rings (SSSR count). The van der Waals surface area contributed by atoms with Gasteiger partial charge in [0.1, 0.15) is 11.5 Å². The first kappa shape index (κ1) is 13.8. The van der Waals surface area contributed by atoms with Crippen LogP contribution in [0.25, 0.3) is 0 Å². The quantitative estimate of drug-likeness (QED) is 0.829. The Labute approximate surface area is 117 Å². The number of fused-ring (bicyclic) bond motifs is 1. The molecule has 1 aliphatic heterocycles. The third kappa shape index (κ3) is 3.01. The van der Waals surface area contributed by atoms with Crippen LogP contribution in [0.15, 0.2) is 12.1 Å². The molecular formula is C14H17ClO2S. The number of hydrogen-bond acceptors (Lipinski definition) is 3. The number of benzene rings is 1. The van der Waals surface area contributed by atoms with E-state index in [2.05, 4.69) is 0 Å². The summed E-state index contributed by atoms with van der Waals surface area (Å²) in [5.41, 5.74) is 2.07. The average Bonchev–Trinajstić information content (AvgIpc) is 2.77. The van der Waals surface area contributed by atoms with Crippen molar-refractivity contribution in [3.63, 3.8) is 0 Å². The summed E-state index contributed by atoms with van der Waals surface area (Å²) in [6, 6.07) is 3.79. The number of thioether (sulfide) groups is 1. The van der Waals surface area contributed by atoms with E-state index >= 15 is 0 Å². The number of carbonyl (C=O) groups is 1. The highest BCUT2D eigenvalue weighted by atomic mass is 35.5. The van der Waals surface area contributed by atoms with Gasteiger partial charge in [0.15, 0.2) is 0 Å². The Morgan fingerprint density at radius 1 is 1.56 bits per heavy atom. The first-order valence-electron chi connectivity index (χ1n) is 6.07. The summed E-state index contributed by atoms with van der Waals surface area (Å²) in [6.45, 7) is 2.67. The molecular weight excluding hydrogens is 268 g/mol. The van der Waals surface area contributed by atoms with Crippen LogP contribution in [0.3, 0.4) is 0 Å². The minimum absolute atomic E-state index is 0.0797. The second-order valence-electron chi connectivity index (χ2n) is 4.65. The van der Waals surface area contributed by atoms with Crippen LogP contribution < -0.4 is 4.74 Å². The summed E-state index contributed by atoms with van der Waals surface area (Å²) in [5.74, 6) is 2.08. The van der Waals surface area contributed by atoms with Gasteiger partial charge in [-0.3, -0.25) is 4.79 Å². The Morgan fingerprint density at radius 2 is 2.33 bits per heavy atom. The van der Waals surface area contributed by atoms with Gasteiger partial charge < -0.3 is 4.74 Å². The Morgan fingerprint density at radius 3 is 3.06 bits per heavy atom. The second-order valence-corrected chi connectivity index (χ2v) is 6.00. The van der Waals surface area contributed by atoms with E-state index in [1.54, 1.807) is 11.8 Å². The summed E-state index contributed by atoms with van der Waals surface area (Å²) in [5, 5.41) is 0.694. The van der Waals surface area contributed by atoms with E-state index in [0.717, 1.165) is 29.1 Å². The number of carbonyl (C=O) groups excluding carboxylic acids is 1. The predicted molar refractivity (Wildman–Crippen MR) is 76.9 cm³/mol. The van der Waals surface area contributed by atoms with Crippen LogP contribution in [0.2, 0.25) is 5.02 Å². The van der Waals surface area contributed by atoms with Crippen LogP contribution in [-0.4, -0.2) is 24.4 Å². The van der Waals surface area contributed by atoms with E-state index in [9.17, 15) is 4.79 Å². The van der Waals surface area contributed by atoms with Gasteiger partial charge in [-0.25, -0.2) is 0 Å². The van der Waals surface area contributed by atoms with Crippen molar-refractivity contribution in [2.75, 3.05) is 18.6 Å². The van der Waals surface area contributed by atoms with Gasteiger partial charge in [0.25, 0.3) is 0 Å². The number of halogens is 1. The smallest absolute Gasteiger partial charge is 0.141 e. The molecule has 0 fully saturated rings. The number of ketones is 1. The molecule has 0 amide bonds. The molecule has 0 aliphatic carbocycles. The van der Waals surface area contributed by atoms with Crippen molar-refractivity contribution >= 4 is 29.1 Å². The zero-order valence-corrected chi connectivity index (χ0v) is 12.2. The summed E-state index contributed by atoms with van der Waals surface area (Å²) in [4.78, 5) is 12.1. The molecule has 1 aliphatic rings. The SMILES string of the molecule is CSCC(C)C(=O)Cc1cc(Cl)cc2c1OCC2. The summed E-state index contributed by atoms with van der Waals surface area (Å²) < 4.78 is 5.61. The molecule has 0 saturated heterocycles. The van der Waals surface area contributed by atoms with Crippen LogP contribution in [0.1, 0.15) is 18.1 Å². The number of ether oxygens (including phenoxy) is 1. The molecule has 1 unspecified atom stereocenters. The van der Waals surface area contributed by atoms with Crippen molar-refractivity contribution < 1.29 is 9.53 Å². The fraction of sp³-hybridized carbons (Fsp3) is 0.500. The molecule has 0 bridgehead atoms. The zero-order valence-electron chi connectivity index (χ0n) is 10.7. The van der Waals surface area contributed by atoms with Crippen LogP contribution in [0.5, 0.6) is 5.75 Å². The van der Waals surface area contributed by atoms with Crippen molar-refractivity contribution in [2.45, 2.75) is 19.8 Å². The molecule has 1 atom stereocenters. The number of hydrogen-bond donors (Lipinski definition) is 0. The van der Waals surface area contributed by atoms with Crippen LogP contribution >= 0.6 is 23.4 Å². The van der Waals surface area contributed by atoms with Crippen LogP contribution in [0, 0.1) is 5.92 Å². The molecule has 0 radical (unpaired) electrons. The van der Waals surface area contributed by atoms with E-state index in [-0.39, 0.29) is 11.7 Å². The van der Waals surface area contributed by atoms with Gasteiger partial charge in [-0.2, -0.15) is 11.8 Å². The standard InChI is InChI=1S/C14H17ClO2S/c1-9(8-18-2)13(16)7-11-6-12(15)5-10-3-4-17-14(10)11/h5-6,9H,3-4,7-8H2,1-2H3. The van der Waals surface area contributed by atoms with Gasteiger partial charge in [0.05, 0.1) is 6.61 Å². The highest BCUT2D eigenvalue weighted by Crippen LogP contribution is 2.33. The fourth-order valence-corrected chi connectivity index (χ4v) is 3.13. The minimum atomic E-state index is 0.0797. The lowest BCUT2D eigenvalue weighted by molar-refractivity contribution is -0.121. The van der Waals surface area contributed by atoms with Gasteiger partial charge in [-0.05, 0) is 24.0 Å². The van der Waals surface area contributed by atoms with Gasteiger partial charge in [-0.1, -0.05) is 18.5 Å². The average molecular weight is 285 g/mol. The maximum atomic E-state index is 12.1. The highest BCUT2D eigenvalue weighted by molar-refractivity contribution is 7.98. The molecule has 18 heavy (non-hydrogen) atoms. The lowest BCUT2D eigenvalue weighted by Gasteiger charge is -2.11. The largest absolute Gasteiger partial charge is 0.493 e. The molecule has 0 N–H and O–H groups in total. The van der Waals surface area contributed by atoms with Crippen molar-refractivity contribution in [3.8, 4) is 5.75 Å². The molecule has 1 heterocycles. The molecule has 0 saturated carbocycles. The number of rotatable bonds is 5.